The van der Waals surface area contributed by atoms with E-state index in [2.05, 4.69) is 13.2 Å². The zero-order chi connectivity index (χ0) is 34.9. The second kappa shape index (κ2) is 13.8. The van der Waals surface area contributed by atoms with Gasteiger partial charge in [0.05, 0.1) is 47.4 Å². The number of anilines is 2. The zero-order valence-corrected chi connectivity index (χ0v) is 28.6. The van der Waals surface area contributed by atoms with Gasteiger partial charge in [0, 0.05) is 18.8 Å². The van der Waals surface area contributed by atoms with Crippen molar-refractivity contribution in [2.45, 2.75) is 50.0 Å². The molecule has 3 aromatic rings. The van der Waals surface area contributed by atoms with Crippen molar-refractivity contribution >= 4 is 40.7 Å². The molecule has 1 N–H and O–H groups in total. The first kappa shape index (κ1) is 34.4. The molecule has 2 unspecified atom stereocenters. The molecule has 0 aliphatic carbocycles. The van der Waals surface area contributed by atoms with Gasteiger partial charge in [0.1, 0.15) is 17.4 Å². The van der Waals surface area contributed by atoms with Gasteiger partial charge in [-0.05, 0) is 68.7 Å². The fourth-order valence-corrected chi connectivity index (χ4v) is 8.39. The molecular formula is C39H42ClN3O6. The van der Waals surface area contributed by atoms with E-state index in [1.54, 1.807) is 53.5 Å². The van der Waals surface area contributed by atoms with Crippen LogP contribution in [0.3, 0.4) is 0 Å². The first-order valence-electron chi connectivity index (χ1n) is 16.7. The number of nitrogens with zero attached hydrogens (tertiary/aromatic N) is 3. The number of hydrogen-bond donors (Lipinski definition) is 1. The maximum atomic E-state index is 15.1. The quantitative estimate of drug-likeness (QED) is 0.223. The van der Waals surface area contributed by atoms with Crippen molar-refractivity contribution in [1.82, 2.24) is 4.90 Å². The summed E-state index contributed by atoms with van der Waals surface area (Å²) in [5.41, 5.74) is -0.628. The second-order valence-corrected chi connectivity index (χ2v) is 13.3. The molecule has 0 radical (unpaired) electrons. The number of amides is 3. The predicted molar refractivity (Wildman–Crippen MR) is 190 cm³/mol. The van der Waals surface area contributed by atoms with E-state index >= 15 is 9.59 Å². The first-order chi connectivity index (χ1) is 23.7. The average molecular weight is 684 g/mol. The molecule has 10 heteroatoms. The molecule has 1 spiro atoms. The van der Waals surface area contributed by atoms with E-state index in [-0.39, 0.29) is 19.0 Å². The summed E-state index contributed by atoms with van der Waals surface area (Å²) in [6.45, 7) is 11.9. The van der Waals surface area contributed by atoms with E-state index in [4.69, 9.17) is 21.1 Å². The van der Waals surface area contributed by atoms with Crippen LogP contribution in [0.5, 0.6) is 5.75 Å². The fraction of sp³-hybridized carbons (Fsp3) is 0.359. The SMILES string of the molecule is C=CCN(C(=O)[C@H]1[C@H]2C(=O)N([C@H](CO)c3ccccc3)C(C(=O)N(CC=C)c3ccccc3Cl)C23CC[C@]1(C)O3)c1ccc(OCC)cc1. The Morgan fingerprint density at radius 1 is 1.00 bits per heavy atom. The molecule has 3 aromatic carbocycles. The number of para-hydroxylation sites is 1. The molecule has 3 heterocycles. The highest BCUT2D eigenvalue weighted by molar-refractivity contribution is 6.34. The molecule has 3 aliphatic rings. The number of fused-ring (bicyclic) bond motifs is 1. The molecule has 0 saturated carbocycles. The number of likely N-dealkylation sites (tertiary alicyclic amines) is 1. The van der Waals surface area contributed by atoms with Crippen LogP contribution in [0.15, 0.2) is 104 Å². The lowest BCUT2D eigenvalue weighted by Crippen LogP contribution is -2.57. The summed E-state index contributed by atoms with van der Waals surface area (Å²) in [6.07, 6.45) is 4.07. The minimum atomic E-state index is -1.34. The molecule has 256 valence electrons. The minimum absolute atomic E-state index is 0.113. The Kier molecular flexibility index (Phi) is 9.71. The number of rotatable bonds is 13. The van der Waals surface area contributed by atoms with Crippen molar-refractivity contribution in [1.29, 1.82) is 0 Å². The van der Waals surface area contributed by atoms with E-state index in [1.807, 2.05) is 56.3 Å². The topological polar surface area (TPSA) is 99.6 Å². The van der Waals surface area contributed by atoms with E-state index < -0.39 is 53.5 Å². The minimum Gasteiger partial charge on any atom is -0.494 e. The molecule has 2 bridgehead atoms. The predicted octanol–water partition coefficient (Wildman–Crippen LogP) is 5.98. The number of carbonyl (C=O) groups excluding carboxylic acids is 3. The molecule has 9 nitrogen and oxygen atoms in total. The molecule has 3 amide bonds. The van der Waals surface area contributed by atoms with E-state index in [1.165, 1.54) is 9.80 Å². The van der Waals surface area contributed by atoms with Gasteiger partial charge in [0.25, 0.3) is 5.91 Å². The maximum Gasteiger partial charge on any atom is 0.253 e. The second-order valence-electron chi connectivity index (χ2n) is 12.9. The maximum absolute atomic E-state index is 15.1. The molecular weight excluding hydrogens is 642 g/mol. The lowest BCUT2D eigenvalue weighted by molar-refractivity contribution is -0.148. The van der Waals surface area contributed by atoms with E-state index in [0.717, 1.165) is 0 Å². The number of aliphatic hydroxyl groups excluding tert-OH is 1. The standard InChI is InChI=1S/C39H42ClN3O6/c1-5-23-41(27-17-19-28(20-18-27)48-7-3)35(45)32-33-36(46)43(31(25-44)26-13-9-8-10-14-26)34(39(33)22-21-38(32,4)49-39)37(47)42(24-6-2)30-16-12-11-15-29(30)40/h5-6,8-20,31-34,44H,1-2,7,21-25H2,3-4H3/t31-,32-,33+,34?,38+,39?/m1/s1. The summed E-state index contributed by atoms with van der Waals surface area (Å²) in [6, 6.07) is 21.3. The summed E-state index contributed by atoms with van der Waals surface area (Å²) in [5, 5.41) is 11.2. The lowest BCUT2D eigenvalue weighted by Gasteiger charge is -2.39. The Morgan fingerprint density at radius 3 is 2.29 bits per heavy atom. The van der Waals surface area contributed by atoms with Gasteiger partial charge in [0.2, 0.25) is 11.8 Å². The summed E-state index contributed by atoms with van der Waals surface area (Å²) in [7, 11) is 0. The Bertz CT molecular complexity index is 1730. The van der Waals surface area contributed by atoms with Crippen LogP contribution in [0.2, 0.25) is 5.02 Å². The van der Waals surface area contributed by atoms with Crippen molar-refractivity contribution < 1.29 is 29.0 Å². The molecule has 49 heavy (non-hydrogen) atoms. The summed E-state index contributed by atoms with van der Waals surface area (Å²) < 4.78 is 12.5. The third kappa shape index (κ3) is 5.73. The third-order valence-corrected chi connectivity index (χ3v) is 10.5. The Labute approximate surface area is 292 Å². The van der Waals surface area contributed by atoms with Crippen LogP contribution in [0.25, 0.3) is 0 Å². The molecule has 6 rings (SSSR count). The van der Waals surface area contributed by atoms with Crippen LogP contribution in [0, 0.1) is 11.8 Å². The molecule has 3 aliphatic heterocycles. The van der Waals surface area contributed by atoms with Gasteiger partial charge in [-0.3, -0.25) is 14.4 Å². The lowest BCUT2D eigenvalue weighted by atomic mass is 9.66. The van der Waals surface area contributed by atoms with Gasteiger partial charge in [-0.1, -0.05) is 66.2 Å². The summed E-state index contributed by atoms with van der Waals surface area (Å²) >= 11 is 6.64. The van der Waals surface area contributed by atoms with E-state index in [0.29, 0.717) is 47.2 Å². The van der Waals surface area contributed by atoms with Crippen molar-refractivity contribution in [3.8, 4) is 5.75 Å². The third-order valence-electron chi connectivity index (χ3n) is 10.2. The van der Waals surface area contributed by atoms with Gasteiger partial charge in [-0.15, -0.1) is 13.2 Å². The fourth-order valence-electron chi connectivity index (χ4n) is 8.15. The number of halogens is 1. The van der Waals surface area contributed by atoms with Crippen molar-refractivity contribution in [3.63, 3.8) is 0 Å². The van der Waals surface area contributed by atoms with Gasteiger partial charge in [0.15, 0.2) is 0 Å². The number of ether oxygens (including phenoxy) is 2. The highest BCUT2D eigenvalue weighted by Crippen LogP contribution is 2.64. The summed E-state index contributed by atoms with van der Waals surface area (Å²) in [5.74, 6) is -2.36. The Hall–Kier alpha value is -4.44. The van der Waals surface area contributed by atoms with Gasteiger partial charge in [-0.25, -0.2) is 0 Å². The highest BCUT2D eigenvalue weighted by atomic mass is 35.5. The molecule has 0 aromatic heterocycles. The first-order valence-corrected chi connectivity index (χ1v) is 17.0. The smallest absolute Gasteiger partial charge is 0.253 e. The Morgan fingerprint density at radius 2 is 1.65 bits per heavy atom. The monoisotopic (exact) mass is 683 g/mol. The van der Waals surface area contributed by atoms with Crippen LogP contribution in [-0.4, -0.2) is 71.3 Å². The van der Waals surface area contributed by atoms with Crippen LogP contribution in [-0.2, 0) is 19.1 Å². The van der Waals surface area contributed by atoms with Crippen molar-refractivity contribution in [3.05, 3.63) is 115 Å². The van der Waals surface area contributed by atoms with E-state index in [9.17, 15) is 9.90 Å². The largest absolute Gasteiger partial charge is 0.494 e. The number of hydrogen-bond acceptors (Lipinski definition) is 6. The average Bonchev–Trinajstić information content (AvgIpc) is 3.68. The van der Waals surface area contributed by atoms with Crippen molar-refractivity contribution in [2.75, 3.05) is 36.1 Å². The van der Waals surface area contributed by atoms with Crippen LogP contribution in [0.4, 0.5) is 11.4 Å². The zero-order valence-electron chi connectivity index (χ0n) is 27.8. The Balaban J connectivity index is 1.48. The van der Waals surface area contributed by atoms with Gasteiger partial charge >= 0.3 is 0 Å². The van der Waals surface area contributed by atoms with Crippen LogP contribution >= 0.6 is 11.6 Å². The van der Waals surface area contributed by atoms with Gasteiger partial charge < -0.3 is 29.3 Å². The normalized spacial score (nSPS) is 25.8. The van der Waals surface area contributed by atoms with Crippen LogP contribution < -0.4 is 14.5 Å². The van der Waals surface area contributed by atoms with Crippen LogP contribution in [0.1, 0.15) is 38.3 Å². The van der Waals surface area contributed by atoms with Gasteiger partial charge in [-0.2, -0.15) is 0 Å². The molecule has 3 saturated heterocycles. The number of benzene rings is 3. The molecule has 3 fully saturated rings. The number of aliphatic hydroxyl groups is 1. The molecule has 6 atom stereocenters. The summed E-state index contributed by atoms with van der Waals surface area (Å²) in [4.78, 5) is 49.6. The van der Waals surface area contributed by atoms with Crippen molar-refractivity contribution in [2.24, 2.45) is 11.8 Å². The number of carbonyl (C=O) groups is 3. The highest BCUT2D eigenvalue weighted by Gasteiger charge is 2.79.